The van der Waals surface area contributed by atoms with Gasteiger partial charge in [0.25, 0.3) is 5.91 Å². The number of methoxy groups -OCH3 is 1. The fourth-order valence-corrected chi connectivity index (χ4v) is 6.59. The highest BCUT2D eigenvalue weighted by Gasteiger charge is 2.49. The van der Waals surface area contributed by atoms with Crippen molar-refractivity contribution in [2.75, 3.05) is 17.3 Å². The van der Waals surface area contributed by atoms with E-state index >= 15 is 0 Å². The zero-order valence-electron chi connectivity index (χ0n) is 20.0. The highest BCUT2D eigenvalue weighted by atomic mass is 32.2. The number of esters is 1. The molecule has 190 valence electrons. The molecule has 3 amide bonds. The number of ether oxygens (including phenoxy) is 1. The highest BCUT2D eigenvalue weighted by molar-refractivity contribution is 7.89. The van der Waals surface area contributed by atoms with Gasteiger partial charge < -0.3 is 10.1 Å². The smallest absolute Gasteiger partial charge is 0.337 e. The molecule has 0 aromatic heterocycles. The predicted molar refractivity (Wildman–Crippen MR) is 131 cm³/mol. The number of nitrogens with one attached hydrogen (secondary N) is 1. The molecular formula is C25H27N3O7S. The third kappa shape index (κ3) is 4.89. The Morgan fingerprint density at radius 1 is 1.00 bits per heavy atom. The molecule has 10 nitrogen and oxygen atoms in total. The van der Waals surface area contributed by atoms with Gasteiger partial charge in [0, 0.05) is 18.7 Å². The van der Waals surface area contributed by atoms with Gasteiger partial charge in [-0.05, 0) is 61.4 Å². The van der Waals surface area contributed by atoms with Crippen LogP contribution < -0.4 is 10.2 Å². The fraction of sp³-hybridized carbons (Fsp3) is 0.360. The van der Waals surface area contributed by atoms with Crippen LogP contribution in [0.1, 0.15) is 49.4 Å². The maximum atomic E-state index is 13.8. The van der Waals surface area contributed by atoms with Crippen molar-refractivity contribution in [3.63, 3.8) is 0 Å². The molecule has 2 aliphatic rings. The van der Waals surface area contributed by atoms with Crippen molar-refractivity contribution in [3.8, 4) is 0 Å². The summed E-state index contributed by atoms with van der Waals surface area (Å²) < 4.78 is 33.5. The van der Waals surface area contributed by atoms with E-state index in [1.165, 1.54) is 66.9 Å². The Kier molecular flexibility index (Phi) is 7.23. The van der Waals surface area contributed by atoms with Crippen molar-refractivity contribution in [3.05, 3.63) is 54.1 Å². The zero-order chi connectivity index (χ0) is 26.0. The van der Waals surface area contributed by atoms with E-state index < -0.39 is 39.9 Å². The topological polar surface area (TPSA) is 130 Å². The Labute approximate surface area is 209 Å². The quantitative estimate of drug-likeness (QED) is 0.445. The van der Waals surface area contributed by atoms with Crippen molar-refractivity contribution in [2.24, 2.45) is 0 Å². The summed E-state index contributed by atoms with van der Waals surface area (Å²) in [6.07, 6.45) is 2.55. The molecule has 0 bridgehead atoms. The lowest BCUT2D eigenvalue weighted by Gasteiger charge is -2.32. The summed E-state index contributed by atoms with van der Waals surface area (Å²) in [5.41, 5.74) is 0.959. The van der Waals surface area contributed by atoms with Crippen LogP contribution in [0.5, 0.6) is 0 Å². The van der Waals surface area contributed by atoms with Crippen molar-refractivity contribution in [1.29, 1.82) is 0 Å². The van der Waals surface area contributed by atoms with Gasteiger partial charge in [-0.3, -0.25) is 14.4 Å². The standard InChI is InChI=1S/C25H27N3O7S/c1-16(29)26-18-9-13-21(14-10-18)36(33,34)28(20-5-3-4-6-20)22-15-23(30)27(24(22)31)19-11-7-17(8-12-19)25(32)35-2/h7-14,20,22H,3-6,15H2,1-2H3,(H,26,29). The molecule has 1 heterocycles. The third-order valence-electron chi connectivity index (χ3n) is 6.41. The van der Waals surface area contributed by atoms with Gasteiger partial charge in [0.2, 0.25) is 21.8 Å². The van der Waals surface area contributed by atoms with Gasteiger partial charge in [-0.1, -0.05) is 12.8 Å². The summed E-state index contributed by atoms with van der Waals surface area (Å²) >= 11 is 0. The Morgan fingerprint density at radius 2 is 1.61 bits per heavy atom. The Bertz CT molecular complexity index is 1280. The molecule has 2 aromatic rings. The lowest BCUT2D eigenvalue weighted by molar-refractivity contribution is -0.122. The summed E-state index contributed by atoms with van der Waals surface area (Å²) in [4.78, 5) is 50.4. The number of hydrogen-bond acceptors (Lipinski definition) is 7. The maximum Gasteiger partial charge on any atom is 0.337 e. The van der Waals surface area contributed by atoms with Crippen LogP contribution in [0.2, 0.25) is 0 Å². The van der Waals surface area contributed by atoms with Crippen molar-refractivity contribution in [2.45, 2.75) is 56.0 Å². The van der Waals surface area contributed by atoms with Gasteiger partial charge in [0.1, 0.15) is 6.04 Å². The molecule has 1 saturated carbocycles. The van der Waals surface area contributed by atoms with Crippen LogP contribution in [-0.4, -0.2) is 55.6 Å². The van der Waals surface area contributed by atoms with Crippen molar-refractivity contribution in [1.82, 2.24) is 4.31 Å². The van der Waals surface area contributed by atoms with E-state index in [4.69, 9.17) is 0 Å². The number of carbonyl (C=O) groups is 4. The predicted octanol–water partition coefficient (Wildman–Crippen LogP) is 2.70. The number of amides is 3. The normalized spacial score (nSPS) is 18.6. The number of benzene rings is 2. The third-order valence-corrected chi connectivity index (χ3v) is 8.39. The second kappa shape index (κ2) is 10.2. The number of imide groups is 1. The van der Waals surface area contributed by atoms with Crippen LogP contribution in [0.3, 0.4) is 0 Å². The SMILES string of the molecule is COC(=O)c1ccc(N2C(=O)CC(N(C3CCCC3)S(=O)(=O)c3ccc(NC(C)=O)cc3)C2=O)cc1. The largest absolute Gasteiger partial charge is 0.465 e. The molecule has 11 heteroatoms. The summed E-state index contributed by atoms with van der Waals surface area (Å²) in [6.45, 7) is 1.35. The minimum Gasteiger partial charge on any atom is -0.465 e. The first-order valence-corrected chi connectivity index (χ1v) is 13.0. The second-order valence-corrected chi connectivity index (χ2v) is 10.6. The van der Waals surface area contributed by atoms with Gasteiger partial charge in [-0.25, -0.2) is 18.1 Å². The van der Waals surface area contributed by atoms with E-state index in [0.29, 0.717) is 18.5 Å². The fourth-order valence-electron chi connectivity index (χ4n) is 4.76. The Hall–Kier alpha value is -3.57. The molecule has 1 aliphatic heterocycles. The van der Waals surface area contributed by atoms with Crippen molar-refractivity contribution < 1.29 is 32.3 Å². The monoisotopic (exact) mass is 513 g/mol. The van der Waals surface area contributed by atoms with Gasteiger partial charge >= 0.3 is 5.97 Å². The summed E-state index contributed by atoms with van der Waals surface area (Å²) in [5.74, 6) is -1.99. The first-order valence-electron chi connectivity index (χ1n) is 11.6. The first kappa shape index (κ1) is 25.5. The van der Waals surface area contributed by atoms with Crippen LogP contribution in [0.15, 0.2) is 53.4 Å². The molecule has 1 aliphatic carbocycles. The van der Waals surface area contributed by atoms with Crippen molar-refractivity contribution >= 4 is 45.1 Å². The number of hydrogen-bond donors (Lipinski definition) is 1. The average Bonchev–Trinajstić information content (AvgIpc) is 3.47. The molecule has 36 heavy (non-hydrogen) atoms. The minimum absolute atomic E-state index is 0.0235. The van der Waals surface area contributed by atoms with Gasteiger partial charge in [0.15, 0.2) is 0 Å². The summed E-state index contributed by atoms with van der Waals surface area (Å²) in [5, 5.41) is 2.59. The van der Waals surface area contributed by atoms with Gasteiger partial charge in [-0.15, -0.1) is 0 Å². The van der Waals surface area contributed by atoms with Crippen LogP contribution >= 0.6 is 0 Å². The van der Waals surface area contributed by atoms with E-state index in [1.54, 1.807) is 0 Å². The van der Waals surface area contributed by atoms with Gasteiger partial charge in [-0.2, -0.15) is 4.31 Å². The maximum absolute atomic E-state index is 13.8. The molecule has 1 N–H and O–H groups in total. The number of carbonyl (C=O) groups excluding carboxylic acids is 4. The summed E-state index contributed by atoms with van der Waals surface area (Å²) in [6, 6.07) is 9.94. The first-order chi connectivity index (χ1) is 17.1. The minimum atomic E-state index is -4.14. The molecule has 2 aromatic carbocycles. The van der Waals surface area contributed by atoms with E-state index in [-0.39, 0.29) is 28.5 Å². The highest BCUT2D eigenvalue weighted by Crippen LogP contribution is 2.36. The molecule has 1 unspecified atom stereocenters. The molecule has 0 radical (unpaired) electrons. The molecule has 4 rings (SSSR count). The molecule has 1 atom stereocenters. The van der Waals surface area contributed by atoms with Crippen LogP contribution in [-0.2, 0) is 29.1 Å². The molecular weight excluding hydrogens is 486 g/mol. The van der Waals surface area contributed by atoms with E-state index in [1.807, 2.05) is 0 Å². The molecule has 1 saturated heterocycles. The zero-order valence-corrected chi connectivity index (χ0v) is 20.8. The molecule has 0 spiro atoms. The Balaban J connectivity index is 1.66. The lowest BCUT2D eigenvalue weighted by atomic mass is 10.1. The number of anilines is 2. The lowest BCUT2D eigenvalue weighted by Crippen LogP contribution is -2.49. The van der Waals surface area contributed by atoms with Crippen LogP contribution in [0.4, 0.5) is 11.4 Å². The van der Waals surface area contributed by atoms with E-state index in [2.05, 4.69) is 10.1 Å². The van der Waals surface area contributed by atoms with E-state index in [9.17, 15) is 27.6 Å². The summed E-state index contributed by atoms with van der Waals surface area (Å²) in [7, 11) is -2.89. The number of rotatable bonds is 7. The van der Waals surface area contributed by atoms with Crippen LogP contribution in [0.25, 0.3) is 0 Å². The van der Waals surface area contributed by atoms with Gasteiger partial charge in [0.05, 0.1) is 29.7 Å². The Morgan fingerprint density at radius 3 is 2.17 bits per heavy atom. The average molecular weight is 514 g/mol. The second-order valence-electron chi connectivity index (χ2n) is 8.80. The van der Waals surface area contributed by atoms with Crippen LogP contribution in [0, 0.1) is 0 Å². The number of nitrogens with zero attached hydrogens (tertiary/aromatic N) is 2. The molecule has 2 fully saturated rings. The van der Waals surface area contributed by atoms with E-state index in [0.717, 1.165) is 17.7 Å². The number of sulfonamides is 1.